The van der Waals surface area contributed by atoms with E-state index >= 15 is 0 Å². The Kier molecular flexibility index (Phi) is 16.5. The summed E-state index contributed by atoms with van der Waals surface area (Å²) in [5.41, 5.74) is 4.65. The lowest BCUT2D eigenvalue weighted by Crippen LogP contribution is -2.33. The summed E-state index contributed by atoms with van der Waals surface area (Å²) in [5.74, 6) is -0.240. The predicted molar refractivity (Wildman–Crippen MR) is 208 cm³/mol. The van der Waals surface area contributed by atoms with Crippen molar-refractivity contribution in [3.05, 3.63) is 77.5 Å². The summed E-state index contributed by atoms with van der Waals surface area (Å²) in [6.45, 7) is 15.6. The van der Waals surface area contributed by atoms with Gasteiger partial charge in [0.25, 0.3) is 0 Å². The Morgan fingerprint density at radius 2 is 1.55 bits per heavy atom. The first-order valence-electron chi connectivity index (χ1n) is 18.1. The second kappa shape index (κ2) is 20.8. The van der Waals surface area contributed by atoms with E-state index in [0.717, 1.165) is 34.8 Å². The number of aromatic nitrogens is 1. The zero-order valence-corrected chi connectivity index (χ0v) is 32.5. The molecule has 0 saturated heterocycles. The summed E-state index contributed by atoms with van der Waals surface area (Å²) in [5, 5.41) is 8.71. The van der Waals surface area contributed by atoms with Crippen molar-refractivity contribution in [2.24, 2.45) is 11.8 Å². The van der Waals surface area contributed by atoms with Crippen LogP contribution in [0.3, 0.4) is 0 Å². The number of urea groups is 1. The topological polar surface area (TPSA) is 151 Å². The van der Waals surface area contributed by atoms with Crippen molar-refractivity contribution >= 4 is 46.9 Å². The Labute approximate surface area is 313 Å². The second-order valence-electron chi connectivity index (χ2n) is 13.9. The number of nitrogens with one attached hydrogen (secondary N) is 3. The molecule has 53 heavy (non-hydrogen) atoms. The van der Waals surface area contributed by atoms with Crippen LogP contribution in [-0.4, -0.2) is 69.1 Å². The van der Waals surface area contributed by atoms with Gasteiger partial charge in [0.05, 0.1) is 24.3 Å². The molecule has 13 heteroatoms. The van der Waals surface area contributed by atoms with Crippen LogP contribution in [0, 0.1) is 18.8 Å². The molecule has 0 aliphatic heterocycles. The molecule has 2 aromatic carbocycles. The van der Waals surface area contributed by atoms with Crippen LogP contribution >= 0.6 is 0 Å². The molecule has 2 atom stereocenters. The fourth-order valence-electron chi connectivity index (χ4n) is 5.72. The van der Waals surface area contributed by atoms with Crippen LogP contribution < -0.4 is 25.8 Å². The van der Waals surface area contributed by atoms with Gasteiger partial charge < -0.3 is 35.1 Å². The van der Waals surface area contributed by atoms with Crippen molar-refractivity contribution in [2.75, 3.05) is 54.2 Å². The lowest BCUT2D eigenvalue weighted by molar-refractivity contribution is -0.165. The largest absolute Gasteiger partial charge is 0.460 e. The molecule has 1 aromatic heterocycles. The molecule has 0 bridgehead atoms. The molecule has 1 heterocycles. The van der Waals surface area contributed by atoms with Crippen LogP contribution in [0.4, 0.5) is 32.5 Å². The molecule has 3 aromatic rings. The van der Waals surface area contributed by atoms with E-state index < -0.39 is 24.3 Å². The molecule has 0 spiro atoms. The van der Waals surface area contributed by atoms with Crippen LogP contribution in [0.15, 0.2) is 60.8 Å². The number of hydrogen-bond donors (Lipinski definition) is 3. The number of amides is 3. The molecule has 3 N–H and O–H groups in total. The maximum Gasteiger partial charge on any atom is 0.418 e. The SMILES string of the molecule is CCC(CC(=O)OC(C)OC(=O)N(C)c1ncccc1COC(=O)CNC)c1ccc(N(CC(C)C)CC(C)C)c(NC(=O)Nc2ccc(C)cc2)c1. The first kappa shape index (κ1) is 42.2. The number of rotatable bonds is 18. The average molecular weight is 733 g/mol. The number of benzene rings is 2. The van der Waals surface area contributed by atoms with Gasteiger partial charge >= 0.3 is 24.1 Å². The van der Waals surface area contributed by atoms with Crippen molar-refractivity contribution < 1.29 is 33.4 Å². The molecule has 0 aliphatic rings. The summed E-state index contributed by atoms with van der Waals surface area (Å²) < 4.78 is 16.2. The number of esters is 2. The molecule has 3 rings (SSSR count). The molecule has 0 aliphatic carbocycles. The number of likely N-dealkylation sites (N-methyl/N-ethyl adjacent to an activating group) is 1. The van der Waals surface area contributed by atoms with E-state index in [2.05, 4.69) is 53.5 Å². The number of aryl methyl sites for hydroxylation is 1. The quantitative estimate of drug-likeness (QED) is 0.0888. The lowest BCUT2D eigenvalue weighted by atomic mass is 9.92. The third-order valence-electron chi connectivity index (χ3n) is 8.20. The molecular weight excluding hydrogens is 676 g/mol. The van der Waals surface area contributed by atoms with Gasteiger partial charge in [-0.25, -0.2) is 14.6 Å². The van der Waals surface area contributed by atoms with Gasteiger partial charge in [-0.15, -0.1) is 0 Å². The fourth-order valence-corrected chi connectivity index (χ4v) is 5.72. The molecule has 2 unspecified atom stereocenters. The van der Waals surface area contributed by atoms with Gasteiger partial charge in [0.1, 0.15) is 12.4 Å². The minimum absolute atomic E-state index is 0.0205. The monoisotopic (exact) mass is 732 g/mol. The molecular formula is C40H56N6O7. The maximum absolute atomic E-state index is 13.3. The van der Waals surface area contributed by atoms with Gasteiger partial charge in [-0.1, -0.05) is 64.4 Å². The van der Waals surface area contributed by atoms with E-state index in [0.29, 0.717) is 35.2 Å². The summed E-state index contributed by atoms with van der Waals surface area (Å²) in [7, 11) is 3.10. The van der Waals surface area contributed by atoms with Crippen LogP contribution in [0.2, 0.25) is 0 Å². The van der Waals surface area contributed by atoms with Crippen molar-refractivity contribution in [2.45, 2.75) is 80.1 Å². The van der Waals surface area contributed by atoms with Crippen LogP contribution in [-0.2, 0) is 30.4 Å². The molecule has 0 saturated carbocycles. The third-order valence-corrected chi connectivity index (χ3v) is 8.20. The van der Waals surface area contributed by atoms with Crippen LogP contribution in [0.1, 0.15) is 77.0 Å². The van der Waals surface area contributed by atoms with Crippen LogP contribution in [0.25, 0.3) is 0 Å². The van der Waals surface area contributed by atoms with Crippen molar-refractivity contribution in [3.63, 3.8) is 0 Å². The van der Waals surface area contributed by atoms with Gasteiger partial charge in [-0.05, 0) is 74.0 Å². The van der Waals surface area contributed by atoms with Crippen molar-refractivity contribution in [1.82, 2.24) is 10.3 Å². The number of nitrogens with zero attached hydrogens (tertiary/aromatic N) is 3. The smallest absolute Gasteiger partial charge is 0.418 e. The number of pyridine rings is 1. The highest BCUT2D eigenvalue weighted by molar-refractivity contribution is 6.02. The summed E-state index contributed by atoms with van der Waals surface area (Å²) in [4.78, 5) is 59.0. The minimum atomic E-state index is -1.19. The van der Waals surface area contributed by atoms with Gasteiger partial charge in [0.2, 0.25) is 6.29 Å². The molecule has 0 radical (unpaired) electrons. The minimum Gasteiger partial charge on any atom is -0.460 e. The van der Waals surface area contributed by atoms with Crippen LogP contribution in [0.5, 0.6) is 0 Å². The molecule has 288 valence electrons. The van der Waals surface area contributed by atoms with E-state index in [-0.39, 0.29) is 37.3 Å². The second-order valence-corrected chi connectivity index (χ2v) is 13.9. The summed E-state index contributed by atoms with van der Waals surface area (Å²) >= 11 is 0. The van der Waals surface area contributed by atoms with Gasteiger partial charge in [-0.3, -0.25) is 14.5 Å². The average Bonchev–Trinajstić information content (AvgIpc) is 3.09. The van der Waals surface area contributed by atoms with E-state index in [9.17, 15) is 19.2 Å². The maximum atomic E-state index is 13.3. The van der Waals surface area contributed by atoms with E-state index in [1.54, 1.807) is 19.2 Å². The summed E-state index contributed by atoms with van der Waals surface area (Å²) in [6, 6.07) is 16.5. The Morgan fingerprint density at radius 1 is 0.868 bits per heavy atom. The number of carbonyl (C=O) groups is 4. The van der Waals surface area contributed by atoms with Gasteiger partial charge in [0, 0.05) is 44.5 Å². The van der Waals surface area contributed by atoms with E-state index in [1.807, 2.05) is 56.3 Å². The Balaban J connectivity index is 1.74. The zero-order valence-electron chi connectivity index (χ0n) is 32.5. The first-order valence-corrected chi connectivity index (χ1v) is 18.1. The third kappa shape index (κ3) is 13.7. The highest BCUT2D eigenvalue weighted by Gasteiger charge is 2.25. The molecule has 13 nitrogen and oxygen atoms in total. The standard InChI is InChI=1S/C40H56N6O7/c1-10-30(21-36(47)52-29(7)53-40(50)45(9)38-32(12-11-19-42-38)25-51-37(48)22-41-8)31-15-18-35(46(23-26(2)3)24-27(4)5)34(20-31)44-39(49)43-33-16-13-28(6)14-17-33/h11-20,26-27,29-30,41H,10,21-25H2,1-9H3,(H2,43,44,49). The van der Waals surface area contributed by atoms with Crippen molar-refractivity contribution in [1.29, 1.82) is 0 Å². The number of hydrogen-bond acceptors (Lipinski definition) is 10. The number of ether oxygens (including phenoxy) is 3. The highest BCUT2D eigenvalue weighted by atomic mass is 16.7. The molecule has 0 fully saturated rings. The normalized spacial score (nSPS) is 12.1. The molecule has 3 amide bonds. The van der Waals surface area contributed by atoms with E-state index in [4.69, 9.17) is 14.2 Å². The van der Waals surface area contributed by atoms with Gasteiger partial charge in [0.15, 0.2) is 0 Å². The summed E-state index contributed by atoms with van der Waals surface area (Å²) in [6.07, 6.45) is 0.140. The Hall–Kier alpha value is -5.17. The Bertz CT molecular complexity index is 1650. The number of anilines is 4. The van der Waals surface area contributed by atoms with Gasteiger partial charge in [-0.2, -0.15) is 0 Å². The number of carbonyl (C=O) groups excluding carboxylic acids is 4. The Morgan fingerprint density at radius 3 is 2.17 bits per heavy atom. The lowest BCUT2D eigenvalue weighted by Gasteiger charge is -2.31. The van der Waals surface area contributed by atoms with E-state index in [1.165, 1.54) is 20.2 Å². The van der Waals surface area contributed by atoms with Crippen molar-refractivity contribution in [3.8, 4) is 0 Å². The fraction of sp³-hybridized carbons (Fsp3) is 0.475. The zero-order chi connectivity index (χ0) is 39.1. The predicted octanol–water partition coefficient (Wildman–Crippen LogP) is 7.46. The highest BCUT2D eigenvalue weighted by Crippen LogP contribution is 2.34. The first-order chi connectivity index (χ1) is 25.2.